The molecule has 4 nitrogen and oxygen atoms in total. The van der Waals surface area contributed by atoms with Crippen LogP contribution in [0.5, 0.6) is 11.5 Å². The molecule has 3 aromatic rings. The van der Waals surface area contributed by atoms with Crippen LogP contribution in [0.3, 0.4) is 0 Å². The van der Waals surface area contributed by atoms with E-state index in [1.807, 2.05) is 42.5 Å². The number of aliphatic hydroxyl groups excluding tert-OH is 1. The molecule has 1 aliphatic heterocycles. The zero-order valence-electron chi connectivity index (χ0n) is 17.0. The second-order valence-corrected chi connectivity index (χ2v) is 8.25. The minimum Gasteiger partial charge on any atom is -0.454 e. The summed E-state index contributed by atoms with van der Waals surface area (Å²) >= 11 is 0. The molecule has 1 aliphatic carbocycles. The van der Waals surface area contributed by atoms with Crippen LogP contribution in [0.2, 0.25) is 0 Å². The van der Waals surface area contributed by atoms with E-state index in [1.54, 1.807) is 0 Å². The lowest BCUT2D eigenvalue weighted by Crippen LogP contribution is -2.22. The predicted octanol–water partition coefficient (Wildman–Crippen LogP) is 4.97. The molecule has 2 aliphatic rings. The summed E-state index contributed by atoms with van der Waals surface area (Å²) in [6.45, 7) is 2.31. The summed E-state index contributed by atoms with van der Waals surface area (Å²) in [5, 5.41) is 9.43. The van der Waals surface area contributed by atoms with Crippen molar-refractivity contribution in [2.75, 3.05) is 6.79 Å². The minimum atomic E-state index is -0.403. The Morgan fingerprint density at radius 1 is 1.00 bits per heavy atom. The number of carbonyl (C=O) groups is 1. The van der Waals surface area contributed by atoms with Crippen LogP contribution in [0.15, 0.2) is 60.7 Å². The highest BCUT2D eigenvalue weighted by molar-refractivity contribution is 5.95. The van der Waals surface area contributed by atoms with Gasteiger partial charge in [0, 0.05) is 7.85 Å². The fourth-order valence-electron chi connectivity index (χ4n) is 4.28. The van der Waals surface area contributed by atoms with Crippen molar-refractivity contribution >= 4 is 5.78 Å². The first kappa shape index (κ1) is 18.9. The van der Waals surface area contributed by atoms with Gasteiger partial charge in [0.05, 0.1) is 12.0 Å². The number of aliphatic hydroxyl groups is 1. The normalized spacial score (nSPS) is 15.8. The summed E-state index contributed by atoms with van der Waals surface area (Å²) in [6, 6.07) is 20.0. The maximum Gasteiger partial charge on any atom is 0.231 e. The predicted molar refractivity (Wildman–Crippen MR) is 117 cm³/mol. The number of fused-ring (bicyclic) bond motifs is 1. The first-order chi connectivity index (χ1) is 14.6. The van der Waals surface area contributed by atoms with Crippen LogP contribution in [0.25, 0.3) is 11.1 Å². The van der Waals surface area contributed by atoms with Gasteiger partial charge in [0.2, 0.25) is 6.79 Å². The molecule has 0 saturated heterocycles. The van der Waals surface area contributed by atoms with Gasteiger partial charge >= 0.3 is 0 Å². The molecule has 0 atom stereocenters. The molecular formula is C26H26O4. The summed E-state index contributed by atoms with van der Waals surface area (Å²) in [6.07, 6.45) is 2.17. The van der Waals surface area contributed by atoms with Crippen molar-refractivity contribution in [2.24, 2.45) is 0 Å². The maximum absolute atomic E-state index is 13.4. The number of ketones is 1. The zero-order chi connectivity index (χ0) is 20.7. The molecular weight excluding hydrogens is 376 g/mol. The second kappa shape index (κ2) is 7.29. The van der Waals surface area contributed by atoms with E-state index in [0.717, 1.165) is 57.7 Å². The molecule has 0 unspecified atom stereocenters. The Morgan fingerprint density at radius 3 is 2.60 bits per heavy atom. The average molecular weight is 402 g/mol. The number of hydrogen-bond donors (Lipinski definition) is 1. The van der Waals surface area contributed by atoms with Crippen LogP contribution in [-0.2, 0) is 23.2 Å². The molecule has 0 amide bonds. The van der Waals surface area contributed by atoms with Crippen LogP contribution >= 0.6 is 0 Å². The van der Waals surface area contributed by atoms with Gasteiger partial charge in [-0.3, -0.25) is 4.79 Å². The Hall–Kier alpha value is -3.11. The van der Waals surface area contributed by atoms with Gasteiger partial charge < -0.3 is 14.6 Å². The summed E-state index contributed by atoms with van der Waals surface area (Å²) in [7, 11) is 0. The number of aryl methyl sites for hydroxylation is 1. The molecule has 154 valence electrons. The largest absolute Gasteiger partial charge is 0.454 e. The third-order valence-electron chi connectivity index (χ3n) is 6.35. The van der Waals surface area contributed by atoms with Gasteiger partial charge in [-0.1, -0.05) is 42.5 Å². The monoisotopic (exact) mass is 402 g/mol. The molecule has 4 heteroatoms. The highest BCUT2D eigenvalue weighted by Crippen LogP contribution is 2.51. The average Bonchev–Trinajstić information content (AvgIpc) is 3.46. The second-order valence-electron chi connectivity index (χ2n) is 8.25. The summed E-state index contributed by atoms with van der Waals surface area (Å²) in [5.41, 5.74) is 5.79. The van der Waals surface area contributed by atoms with Crippen molar-refractivity contribution in [3.05, 3.63) is 82.9 Å². The molecule has 1 saturated carbocycles. The number of rotatable bonds is 6. The first-order valence-electron chi connectivity index (χ1n) is 10.3. The Kier molecular flexibility index (Phi) is 4.59. The lowest BCUT2D eigenvalue weighted by Gasteiger charge is -2.17. The smallest absolute Gasteiger partial charge is 0.231 e. The molecule has 0 aromatic heterocycles. The molecule has 1 N–H and O–H groups in total. The molecule has 0 spiro atoms. The SMILES string of the molecule is Cc1ccc(-c2cccc(CO)c2)cc1CC(=O)C1(c2ccc3c(c2)OCO3)CC1.[HH]. The van der Waals surface area contributed by atoms with E-state index in [4.69, 9.17) is 9.47 Å². The van der Waals surface area contributed by atoms with E-state index < -0.39 is 5.41 Å². The number of benzene rings is 3. The Morgan fingerprint density at radius 2 is 1.80 bits per heavy atom. The van der Waals surface area contributed by atoms with Crippen molar-refractivity contribution in [1.29, 1.82) is 0 Å². The molecule has 1 heterocycles. The third-order valence-corrected chi connectivity index (χ3v) is 6.35. The number of Topliss-reactive ketones (excluding diaryl/α,β-unsaturated/α-hetero) is 1. The van der Waals surface area contributed by atoms with Gasteiger partial charge in [0.15, 0.2) is 11.5 Å². The quantitative estimate of drug-likeness (QED) is 0.632. The summed E-state index contributed by atoms with van der Waals surface area (Å²) in [5.74, 6) is 1.73. The Bertz CT molecular complexity index is 1130. The van der Waals surface area contributed by atoms with E-state index in [0.29, 0.717) is 6.42 Å². The summed E-state index contributed by atoms with van der Waals surface area (Å²) < 4.78 is 10.9. The van der Waals surface area contributed by atoms with Crippen LogP contribution < -0.4 is 9.47 Å². The van der Waals surface area contributed by atoms with E-state index in [-0.39, 0.29) is 20.6 Å². The zero-order valence-corrected chi connectivity index (χ0v) is 17.0. The van der Waals surface area contributed by atoms with Crippen molar-refractivity contribution in [3.63, 3.8) is 0 Å². The van der Waals surface area contributed by atoms with Gasteiger partial charge in [-0.2, -0.15) is 0 Å². The molecule has 1 fully saturated rings. The van der Waals surface area contributed by atoms with Gasteiger partial charge in [-0.05, 0) is 71.3 Å². The van der Waals surface area contributed by atoms with Crippen LogP contribution in [0.4, 0.5) is 0 Å². The van der Waals surface area contributed by atoms with Gasteiger partial charge in [0.1, 0.15) is 5.78 Å². The number of carbonyl (C=O) groups excluding carboxylic acids is 1. The highest BCUT2D eigenvalue weighted by Gasteiger charge is 2.50. The van der Waals surface area contributed by atoms with Crippen molar-refractivity contribution in [3.8, 4) is 22.6 Å². The minimum absolute atomic E-state index is 0. The number of hydrogen-bond acceptors (Lipinski definition) is 4. The standard InChI is InChI=1S/C26H24O4.H2/c1-17-5-6-20(19-4-2-3-18(11-19)15-27)12-21(17)13-25(28)26(9-10-26)22-7-8-23-24(14-22)30-16-29-23;/h2-8,11-12,14,27H,9-10,13,15-16H2,1H3;1H. The van der Waals surface area contributed by atoms with Crippen molar-refractivity contribution in [2.45, 2.75) is 38.2 Å². The van der Waals surface area contributed by atoms with E-state index in [9.17, 15) is 9.90 Å². The van der Waals surface area contributed by atoms with E-state index >= 15 is 0 Å². The fourth-order valence-corrected chi connectivity index (χ4v) is 4.28. The molecule has 30 heavy (non-hydrogen) atoms. The van der Waals surface area contributed by atoms with Crippen LogP contribution in [-0.4, -0.2) is 17.7 Å². The molecule has 0 bridgehead atoms. The van der Waals surface area contributed by atoms with E-state index in [2.05, 4.69) is 25.1 Å². The molecule has 3 aromatic carbocycles. The third kappa shape index (κ3) is 3.27. The number of ether oxygens (including phenoxy) is 2. The van der Waals surface area contributed by atoms with Crippen LogP contribution in [0.1, 0.15) is 36.5 Å². The topological polar surface area (TPSA) is 55.8 Å². The molecule has 5 rings (SSSR count). The maximum atomic E-state index is 13.4. The van der Waals surface area contributed by atoms with Gasteiger partial charge in [-0.15, -0.1) is 0 Å². The lowest BCUT2D eigenvalue weighted by molar-refractivity contribution is -0.120. The van der Waals surface area contributed by atoms with Gasteiger partial charge in [-0.25, -0.2) is 0 Å². The van der Waals surface area contributed by atoms with Crippen LogP contribution in [0, 0.1) is 6.92 Å². The van der Waals surface area contributed by atoms with Crippen molar-refractivity contribution < 1.29 is 20.8 Å². The fraction of sp³-hybridized carbons (Fsp3) is 0.269. The Labute approximate surface area is 177 Å². The summed E-state index contributed by atoms with van der Waals surface area (Å²) in [4.78, 5) is 13.4. The highest BCUT2D eigenvalue weighted by atomic mass is 16.7. The van der Waals surface area contributed by atoms with Gasteiger partial charge in [0.25, 0.3) is 0 Å². The first-order valence-corrected chi connectivity index (χ1v) is 10.3. The lowest BCUT2D eigenvalue weighted by atomic mass is 9.86. The van der Waals surface area contributed by atoms with Crippen molar-refractivity contribution in [1.82, 2.24) is 0 Å². The van der Waals surface area contributed by atoms with E-state index in [1.165, 1.54) is 0 Å². The Balaban J connectivity index is 0.00000231. The molecule has 0 radical (unpaired) electrons.